The molecule has 27 heavy (non-hydrogen) atoms. The lowest BCUT2D eigenvalue weighted by molar-refractivity contribution is -0.148. The molecule has 1 unspecified atom stereocenters. The van der Waals surface area contributed by atoms with Crippen LogP contribution in [-0.2, 0) is 9.53 Å². The summed E-state index contributed by atoms with van der Waals surface area (Å²) in [6.45, 7) is 3.49. The van der Waals surface area contributed by atoms with E-state index >= 15 is 0 Å². The largest absolute Gasteiger partial charge is 0.493 e. The Morgan fingerprint density at radius 1 is 1.26 bits per heavy atom. The minimum Gasteiger partial charge on any atom is -0.493 e. The number of rotatable bonds is 5. The average Bonchev–Trinajstić information content (AvgIpc) is 2.67. The van der Waals surface area contributed by atoms with Gasteiger partial charge in [0, 0.05) is 24.5 Å². The van der Waals surface area contributed by atoms with Crippen molar-refractivity contribution in [3.05, 3.63) is 12.1 Å². The summed E-state index contributed by atoms with van der Waals surface area (Å²) in [6.07, 6.45) is 1.68. The summed E-state index contributed by atoms with van der Waals surface area (Å²) >= 11 is 0. The number of aromatic nitrogens is 2. The zero-order valence-corrected chi connectivity index (χ0v) is 16.5. The highest BCUT2D eigenvalue weighted by atomic mass is 35.5. The van der Waals surface area contributed by atoms with Crippen LogP contribution >= 0.6 is 12.4 Å². The van der Waals surface area contributed by atoms with Crippen LogP contribution < -0.4 is 20.1 Å². The molecule has 0 aliphatic carbocycles. The predicted molar refractivity (Wildman–Crippen MR) is 106 cm³/mol. The molecule has 1 fully saturated rings. The number of nitrogen functional groups attached to an aromatic ring is 1. The number of methoxy groups -OCH3 is 2. The van der Waals surface area contributed by atoms with Gasteiger partial charge in [-0.15, -0.1) is 12.4 Å². The molecule has 0 spiro atoms. The van der Waals surface area contributed by atoms with E-state index in [9.17, 15) is 4.79 Å². The van der Waals surface area contributed by atoms with Gasteiger partial charge in [0.1, 0.15) is 5.82 Å². The molecule has 9 heteroatoms. The second-order valence-corrected chi connectivity index (χ2v) is 6.17. The van der Waals surface area contributed by atoms with Crippen LogP contribution in [0.5, 0.6) is 11.5 Å². The SMILES string of the molecule is CCOC(=O)C1CCCN(c2nc(N)c3cc(OC)c(OC)cc3n2)C1.Cl. The highest BCUT2D eigenvalue weighted by molar-refractivity contribution is 5.91. The summed E-state index contributed by atoms with van der Waals surface area (Å²) < 4.78 is 15.8. The van der Waals surface area contributed by atoms with Crippen molar-refractivity contribution in [3.63, 3.8) is 0 Å². The summed E-state index contributed by atoms with van der Waals surface area (Å²) in [6, 6.07) is 3.55. The van der Waals surface area contributed by atoms with Crippen LogP contribution in [0.4, 0.5) is 11.8 Å². The van der Waals surface area contributed by atoms with Crippen molar-refractivity contribution in [2.75, 3.05) is 44.5 Å². The van der Waals surface area contributed by atoms with Crippen LogP contribution in [-0.4, -0.2) is 49.9 Å². The fraction of sp³-hybridized carbons (Fsp3) is 0.500. The molecular formula is C18H25ClN4O4. The van der Waals surface area contributed by atoms with Gasteiger partial charge in [-0.05, 0) is 25.8 Å². The average molecular weight is 397 g/mol. The minimum absolute atomic E-state index is 0. The third-order valence-corrected chi connectivity index (χ3v) is 4.54. The normalized spacial score (nSPS) is 16.6. The Bertz CT molecular complexity index is 818. The molecule has 1 aliphatic heterocycles. The molecule has 0 saturated carbocycles. The Labute approximate surface area is 164 Å². The summed E-state index contributed by atoms with van der Waals surface area (Å²) in [5.74, 6) is 1.68. The molecule has 3 rings (SSSR count). The zero-order valence-electron chi connectivity index (χ0n) is 15.7. The second-order valence-electron chi connectivity index (χ2n) is 6.17. The molecule has 0 bridgehead atoms. The van der Waals surface area contributed by atoms with E-state index in [-0.39, 0.29) is 24.3 Å². The van der Waals surface area contributed by atoms with E-state index in [1.165, 1.54) is 0 Å². The van der Waals surface area contributed by atoms with E-state index in [4.69, 9.17) is 19.9 Å². The number of carbonyl (C=O) groups excluding carboxylic acids is 1. The highest BCUT2D eigenvalue weighted by Crippen LogP contribution is 2.34. The number of benzene rings is 1. The van der Waals surface area contributed by atoms with Gasteiger partial charge in [0.05, 0.1) is 32.3 Å². The van der Waals surface area contributed by atoms with Gasteiger partial charge in [0.25, 0.3) is 0 Å². The monoisotopic (exact) mass is 396 g/mol. The van der Waals surface area contributed by atoms with E-state index in [2.05, 4.69) is 9.97 Å². The van der Waals surface area contributed by atoms with Crippen molar-refractivity contribution in [2.45, 2.75) is 19.8 Å². The third kappa shape index (κ3) is 4.27. The van der Waals surface area contributed by atoms with Crippen molar-refractivity contribution < 1.29 is 19.0 Å². The summed E-state index contributed by atoms with van der Waals surface area (Å²) in [5.41, 5.74) is 6.83. The first-order chi connectivity index (χ1) is 12.6. The number of nitrogens with zero attached hydrogens (tertiary/aromatic N) is 3. The molecular weight excluding hydrogens is 372 g/mol. The van der Waals surface area contributed by atoms with Crippen molar-refractivity contribution >= 4 is 41.0 Å². The fourth-order valence-corrected chi connectivity index (χ4v) is 3.22. The zero-order chi connectivity index (χ0) is 18.7. The van der Waals surface area contributed by atoms with Crippen LogP contribution in [0.3, 0.4) is 0 Å². The number of esters is 1. The number of piperidine rings is 1. The molecule has 0 amide bonds. The van der Waals surface area contributed by atoms with Gasteiger partial charge in [-0.3, -0.25) is 4.79 Å². The van der Waals surface area contributed by atoms with Gasteiger partial charge in [0.2, 0.25) is 5.95 Å². The van der Waals surface area contributed by atoms with E-state index in [1.54, 1.807) is 26.4 Å². The van der Waals surface area contributed by atoms with Crippen LogP contribution in [0.1, 0.15) is 19.8 Å². The van der Waals surface area contributed by atoms with Crippen molar-refractivity contribution in [3.8, 4) is 11.5 Å². The molecule has 1 aromatic carbocycles. The van der Waals surface area contributed by atoms with Gasteiger partial charge >= 0.3 is 5.97 Å². The molecule has 2 N–H and O–H groups in total. The van der Waals surface area contributed by atoms with Crippen molar-refractivity contribution in [1.29, 1.82) is 0 Å². The number of carbonyl (C=O) groups is 1. The number of hydrogen-bond donors (Lipinski definition) is 1. The molecule has 0 radical (unpaired) electrons. The molecule has 1 saturated heterocycles. The number of hydrogen-bond acceptors (Lipinski definition) is 8. The number of halogens is 1. The summed E-state index contributed by atoms with van der Waals surface area (Å²) in [7, 11) is 3.14. The Balaban J connectivity index is 0.00000261. The Morgan fingerprint density at radius 3 is 2.63 bits per heavy atom. The molecule has 2 aromatic rings. The van der Waals surface area contributed by atoms with Crippen molar-refractivity contribution in [1.82, 2.24) is 9.97 Å². The molecule has 1 atom stereocenters. The molecule has 148 valence electrons. The Morgan fingerprint density at radius 2 is 1.96 bits per heavy atom. The van der Waals surface area contributed by atoms with Gasteiger partial charge in [-0.1, -0.05) is 0 Å². The maximum Gasteiger partial charge on any atom is 0.310 e. The molecule has 8 nitrogen and oxygen atoms in total. The quantitative estimate of drug-likeness (QED) is 0.769. The van der Waals surface area contributed by atoms with Crippen LogP contribution in [0, 0.1) is 5.92 Å². The topological polar surface area (TPSA) is 99.8 Å². The standard InChI is InChI=1S/C18H24N4O4.ClH/c1-4-26-17(23)11-6-5-7-22(10-11)18-20-13-9-15(25-3)14(24-2)8-12(13)16(19)21-18;/h8-9,11H,4-7,10H2,1-3H3,(H2,19,20,21);1H. The van der Waals surface area contributed by atoms with Crippen LogP contribution in [0.2, 0.25) is 0 Å². The first-order valence-corrected chi connectivity index (χ1v) is 8.68. The van der Waals surface area contributed by atoms with Gasteiger partial charge in [0.15, 0.2) is 11.5 Å². The van der Waals surface area contributed by atoms with E-state index in [0.29, 0.717) is 47.3 Å². The predicted octanol–water partition coefficient (Wildman–Crippen LogP) is 2.43. The summed E-state index contributed by atoms with van der Waals surface area (Å²) in [4.78, 5) is 23.1. The molecule has 2 heterocycles. The Kier molecular flexibility index (Phi) is 6.90. The molecule has 1 aromatic heterocycles. The smallest absolute Gasteiger partial charge is 0.310 e. The third-order valence-electron chi connectivity index (χ3n) is 4.54. The number of fused-ring (bicyclic) bond motifs is 1. The second kappa shape index (κ2) is 8.94. The maximum atomic E-state index is 12.1. The fourth-order valence-electron chi connectivity index (χ4n) is 3.22. The van der Waals surface area contributed by atoms with Crippen LogP contribution in [0.25, 0.3) is 10.9 Å². The minimum atomic E-state index is -0.172. The number of anilines is 2. The van der Waals surface area contributed by atoms with Crippen LogP contribution in [0.15, 0.2) is 12.1 Å². The van der Waals surface area contributed by atoms with Crippen molar-refractivity contribution in [2.24, 2.45) is 5.92 Å². The molecule has 1 aliphatic rings. The van der Waals surface area contributed by atoms with Gasteiger partial charge < -0.3 is 24.8 Å². The first kappa shape index (κ1) is 20.8. The van der Waals surface area contributed by atoms with Gasteiger partial charge in [-0.2, -0.15) is 4.98 Å². The van der Waals surface area contributed by atoms with E-state index < -0.39 is 0 Å². The Hall–Kier alpha value is -2.48. The number of nitrogens with two attached hydrogens (primary N) is 1. The van der Waals surface area contributed by atoms with E-state index in [0.717, 1.165) is 19.4 Å². The summed E-state index contributed by atoms with van der Waals surface area (Å²) in [5, 5.41) is 0.699. The maximum absolute atomic E-state index is 12.1. The first-order valence-electron chi connectivity index (χ1n) is 8.68. The van der Waals surface area contributed by atoms with E-state index in [1.807, 2.05) is 11.8 Å². The van der Waals surface area contributed by atoms with Gasteiger partial charge in [-0.25, -0.2) is 4.98 Å². The lowest BCUT2D eigenvalue weighted by atomic mass is 9.98. The number of ether oxygens (including phenoxy) is 3. The highest BCUT2D eigenvalue weighted by Gasteiger charge is 2.28. The lowest BCUT2D eigenvalue weighted by Gasteiger charge is -2.31. The lowest BCUT2D eigenvalue weighted by Crippen LogP contribution is -2.40.